The number of fused-ring (bicyclic) bond motifs is 1. The first-order valence-corrected chi connectivity index (χ1v) is 10.00. The van der Waals surface area contributed by atoms with Crippen LogP contribution in [0.15, 0.2) is 47.0 Å². The Morgan fingerprint density at radius 2 is 2.17 bits per heavy atom. The zero-order valence-electron chi connectivity index (χ0n) is 16.3. The van der Waals surface area contributed by atoms with Gasteiger partial charge >= 0.3 is 0 Å². The Morgan fingerprint density at radius 3 is 2.83 bits per heavy atom. The normalized spacial score (nSPS) is 15.6. The summed E-state index contributed by atoms with van der Waals surface area (Å²) >= 11 is 1.55. The lowest BCUT2D eigenvalue weighted by Crippen LogP contribution is -2.31. The maximum atomic E-state index is 12.3. The third-order valence-corrected chi connectivity index (χ3v) is 5.53. The fourth-order valence-corrected chi connectivity index (χ4v) is 4.07. The molecule has 1 aromatic carbocycles. The minimum absolute atomic E-state index is 0.423. The molecule has 1 unspecified atom stereocenters. The van der Waals surface area contributed by atoms with Gasteiger partial charge in [0.1, 0.15) is 6.04 Å². The average Bonchev–Trinajstić information content (AvgIpc) is 3.36. The summed E-state index contributed by atoms with van der Waals surface area (Å²) in [5.74, 6) is 1.82. The molecule has 1 aliphatic heterocycles. The molecule has 4 rings (SSSR count). The van der Waals surface area contributed by atoms with Crippen LogP contribution in [-0.4, -0.2) is 34.4 Å². The second kappa shape index (κ2) is 7.59. The fraction of sp³-hybridized carbons (Fsp3) is 0.250. The van der Waals surface area contributed by atoms with Gasteiger partial charge in [0.2, 0.25) is 11.9 Å². The second-order valence-corrected chi connectivity index (χ2v) is 7.40. The number of allylic oxidation sites excluding steroid dienone is 1. The lowest BCUT2D eigenvalue weighted by molar-refractivity contribution is -0.115. The summed E-state index contributed by atoms with van der Waals surface area (Å²) in [5, 5.41) is 9.79. The number of ether oxygens (including phenoxy) is 2. The number of anilines is 1. The molecule has 3 aromatic rings. The lowest BCUT2D eigenvalue weighted by atomic mass is 9.95. The molecule has 1 atom stereocenters. The third-order valence-electron chi connectivity index (χ3n) is 4.66. The van der Waals surface area contributed by atoms with E-state index in [2.05, 4.69) is 15.4 Å². The van der Waals surface area contributed by atoms with Gasteiger partial charge in [-0.1, -0.05) is 12.1 Å². The van der Waals surface area contributed by atoms with Crippen LogP contribution in [0.5, 0.6) is 11.5 Å². The van der Waals surface area contributed by atoms with E-state index >= 15 is 0 Å². The molecule has 0 saturated heterocycles. The van der Waals surface area contributed by atoms with Crippen LogP contribution >= 0.6 is 11.3 Å². The number of hydrogen-bond acceptors (Lipinski definition) is 7. The van der Waals surface area contributed by atoms with Gasteiger partial charge in [-0.25, -0.2) is 4.68 Å². The van der Waals surface area contributed by atoms with E-state index in [4.69, 9.17) is 15.2 Å². The number of nitrogens with two attached hydrogens (primary N) is 1. The van der Waals surface area contributed by atoms with Crippen molar-refractivity contribution >= 4 is 23.2 Å². The number of carbonyl (C=O) groups excluding carboxylic acids is 1. The van der Waals surface area contributed by atoms with Crippen molar-refractivity contribution in [2.75, 3.05) is 19.0 Å². The molecular weight excluding hydrogens is 390 g/mol. The van der Waals surface area contributed by atoms with Gasteiger partial charge < -0.3 is 20.5 Å². The Labute approximate surface area is 172 Å². The van der Waals surface area contributed by atoms with Crippen LogP contribution in [0.3, 0.4) is 0 Å². The first-order valence-electron chi connectivity index (χ1n) is 9.12. The SMILES string of the molecule is CCOc1ccc(C2C(C(N)=O)=C(C)Nc3nc(-c4cccs4)nn32)cc1OC. The highest BCUT2D eigenvalue weighted by atomic mass is 32.1. The van der Waals surface area contributed by atoms with Crippen molar-refractivity contribution in [1.82, 2.24) is 14.8 Å². The molecule has 0 radical (unpaired) electrons. The van der Waals surface area contributed by atoms with Crippen molar-refractivity contribution in [2.24, 2.45) is 5.73 Å². The molecule has 9 heteroatoms. The van der Waals surface area contributed by atoms with E-state index in [-0.39, 0.29) is 0 Å². The molecule has 150 valence electrons. The average molecular weight is 411 g/mol. The summed E-state index contributed by atoms with van der Waals surface area (Å²) in [5.41, 5.74) is 7.60. The number of nitrogens with zero attached hydrogens (tertiary/aromatic N) is 3. The smallest absolute Gasteiger partial charge is 0.248 e. The van der Waals surface area contributed by atoms with E-state index in [1.165, 1.54) is 0 Å². The quantitative estimate of drug-likeness (QED) is 0.646. The highest BCUT2D eigenvalue weighted by Crippen LogP contribution is 2.39. The summed E-state index contributed by atoms with van der Waals surface area (Å²) in [6.07, 6.45) is 0. The van der Waals surface area contributed by atoms with Crippen LogP contribution in [0, 0.1) is 0 Å². The number of nitrogens with one attached hydrogen (secondary N) is 1. The molecule has 3 N–H and O–H groups in total. The number of primary amides is 1. The predicted molar refractivity (Wildman–Crippen MR) is 111 cm³/mol. The van der Waals surface area contributed by atoms with E-state index in [1.807, 2.05) is 49.6 Å². The maximum absolute atomic E-state index is 12.3. The summed E-state index contributed by atoms with van der Waals surface area (Å²) < 4.78 is 12.8. The third kappa shape index (κ3) is 3.33. The van der Waals surface area contributed by atoms with Gasteiger partial charge in [0.05, 0.1) is 24.2 Å². The van der Waals surface area contributed by atoms with Crippen LogP contribution in [0.25, 0.3) is 10.7 Å². The predicted octanol–water partition coefficient (Wildman–Crippen LogP) is 3.19. The largest absolute Gasteiger partial charge is 0.493 e. The van der Waals surface area contributed by atoms with Gasteiger partial charge in [0.25, 0.3) is 0 Å². The van der Waals surface area contributed by atoms with Crippen molar-refractivity contribution in [3.8, 4) is 22.2 Å². The van der Waals surface area contributed by atoms with Crippen molar-refractivity contribution in [3.05, 3.63) is 52.5 Å². The van der Waals surface area contributed by atoms with E-state index in [0.29, 0.717) is 41.1 Å². The number of amides is 1. The van der Waals surface area contributed by atoms with E-state index < -0.39 is 11.9 Å². The Morgan fingerprint density at radius 1 is 1.34 bits per heavy atom. The minimum atomic E-state index is -0.533. The van der Waals surface area contributed by atoms with Gasteiger partial charge in [-0.3, -0.25) is 4.79 Å². The monoisotopic (exact) mass is 411 g/mol. The summed E-state index contributed by atoms with van der Waals surface area (Å²) in [7, 11) is 1.58. The van der Waals surface area contributed by atoms with E-state index in [9.17, 15) is 4.79 Å². The van der Waals surface area contributed by atoms with Gasteiger partial charge in [-0.2, -0.15) is 4.98 Å². The van der Waals surface area contributed by atoms with Gasteiger partial charge in [0, 0.05) is 5.70 Å². The highest BCUT2D eigenvalue weighted by molar-refractivity contribution is 7.13. The number of carbonyl (C=O) groups is 1. The molecule has 0 fully saturated rings. The second-order valence-electron chi connectivity index (χ2n) is 6.45. The molecule has 0 spiro atoms. The van der Waals surface area contributed by atoms with Crippen molar-refractivity contribution in [3.63, 3.8) is 0 Å². The number of methoxy groups -OCH3 is 1. The van der Waals surface area contributed by atoms with Crippen LogP contribution < -0.4 is 20.5 Å². The Balaban J connectivity index is 1.87. The summed E-state index contributed by atoms with van der Waals surface area (Å²) in [6, 6.07) is 8.92. The number of benzene rings is 1. The van der Waals surface area contributed by atoms with Crippen LogP contribution in [0.2, 0.25) is 0 Å². The summed E-state index contributed by atoms with van der Waals surface area (Å²) in [6.45, 7) is 4.24. The number of thiophene rings is 1. The molecule has 3 heterocycles. The fourth-order valence-electron chi connectivity index (χ4n) is 3.42. The Bertz CT molecular complexity index is 1090. The standard InChI is InChI=1S/C20H21N5O3S/c1-4-28-13-8-7-12(10-14(13)27-3)17-16(18(21)26)11(2)22-20-23-19(24-25(17)20)15-6-5-9-29-15/h5-10,17H,4H2,1-3H3,(H2,21,26)(H,22,23,24). The summed E-state index contributed by atoms with van der Waals surface area (Å²) in [4.78, 5) is 17.9. The van der Waals surface area contributed by atoms with E-state index in [1.54, 1.807) is 23.1 Å². The van der Waals surface area contributed by atoms with Gasteiger partial charge in [0.15, 0.2) is 17.3 Å². The molecule has 0 bridgehead atoms. The number of rotatable bonds is 6. The highest BCUT2D eigenvalue weighted by Gasteiger charge is 2.34. The first kappa shape index (κ1) is 19.0. The topological polar surface area (TPSA) is 104 Å². The Kier molecular flexibility index (Phi) is 4.98. The Hall–Kier alpha value is -3.33. The minimum Gasteiger partial charge on any atom is -0.493 e. The van der Waals surface area contributed by atoms with E-state index in [0.717, 1.165) is 10.4 Å². The number of hydrogen-bond donors (Lipinski definition) is 2. The number of aromatic nitrogens is 3. The van der Waals surface area contributed by atoms with Crippen LogP contribution in [-0.2, 0) is 4.79 Å². The first-order chi connectivity index (χ1) is 14.0. The molecule has 1 aliphatic rings. The van der Waals surface area contributed by atoms with Gasteiger partial charge in [-0.15, -0.1) is 16.4 Å². The zero-order valence-corrected chi connectivity index (χ0v) is 17.1. The van der Waals surface area contributed by atoms with Crippen molar-refractivity contribution < 1.29 is 14.3 Å². The van der Waals surface area contributed by atoms with Crippen LogP contribution in [0.1, 0.15) is 25.5 Å². The zero-order chi connectivity index (χ0) is 20.5. The molecule has 29 heavy (non-hydrogen) atoms. The molecule has 1 amide bonds. The van der Waals surface area contributed by atoms with Crippen molar-refractivity contribution in [1.29, 1.82) is 0 Å². The molecular formula is C20H21N5O3S. The lowest BCUT2D eigenvalue weighted by Gasteiger charge is -2.28. The van der Waals surface area contributed by atoms with Crippen LogP contribution in [0.4, 0.5) is 5.95 Å². The molecule has 8 nitrogen and oxygen atoms in total. The van der Waals surface area contributed by atoms with Crippen molar-refractivity contribution in [2.45, 2.75) is 19.9 Å². The molecule has 2 aromatic heterocycles. The maximum Gasteiger partial charge on any atom is 0.248 e. The molecule has 0 aliphatic carbocycles. The molecule has 0 saturated carbocycles. The van der Waals surface area contributed by atoms with Gasteiger partial charge in [-0.05, 0) is 43.0 Å².